The molecule has 1 aromatic rings. The standard InChI is InChI=1S/C15H21NO2.ClH/c17-15(18)7-4-9-16-10-8-14(12-16)11-13-5-2-1-3-6-13;/h1-3,5-6,14H,4,7-12H2,(H,17,18);1H. The van der Waals surface area contributed by atoms with E-state index in [-0.39, 0.29) is 12.4 Å². The fourth-order valence-electron chi connectivity index (χ4n) is 2.68. The van der Waals surface area contributed by atoms with Crippen molar-refractivity contribution in [2.24, 2.45) is 5.92 Å². The molecule has 1 saturated heterocycles. The van der Waals surface area contributed by atoms with Crippen LogP contribution in [-0.4, -0.2) is 35.6 Å². The SMILES string of the molecule is Cl.O=C(O)CCCN1CCC(Cc2ccccc2)C1. The van der Waals surface area contributed by atoms with Gasteiger partial charge in [0.2, 0.25) is 0 Å². The van der Waals surface area contributed by atoms with E-state index >= 15 is 0 Å². The molecule has 1 unspecified atom stereocenters. The van der Waals surface area contributed by atoms with Crippen LogP contribution in [0.1, 0.15) is 24.8 Å². The summed E-state index contributed by atoms with van der Waals surface area (Å²) < 4.78 is 0. The Kier molecular flexibility index (Phi) is 6.89. The zero-order chi connectivity index (χ0) is 12.8. The van der Waals surface area contributed by atoms with Gasteiger partial charge in [0.25, 0.3) is 0 Å². The second-order valence-corrected chi connectivity index (χ2v) is 5.14. The van der Waals surface area contributed by atoms with Gasteiger partial charge >= 0.3 is 5.97 Å². The molecule has 0 saturated carbocycles. The van der Waals surface area contributed by atoms with Crippen LogP contribution in [0, 0.1) is 5.92 Å². The molecule has 0 radical (unpaired) electrons. The van der Waals surface area contributed by atoms with Crippen LogP contribution in [-0.2, 0) is 11.2 Å². The first-order valence-corrected chi connectivity index (χ1v) is 6.72. The van der Waals surface area contributed by atoms with Crippen molar-refractivity contribution >= 4 is 18.4 Å². The fraction of sp³-hybridized carbons (Fsp3) is 0.533. The molecule has 1 atom stereocenters. The van der Waals surface area contributed by atoms with Crippen LogP contribution in [0.15, 0.2) is 30.3 Å². The minimum absolute atomic E-state index is 0. The molecule has 1 aromatic carbocycles. The van der Waals surface area contributed by atoms with Crippen molar-refractivity contribution in [3.8, 4) is 0 Å². The zero-order valence-electron chi connectivity index (χ0n) is 11.1. The van der Waals surface area contributed by atoms with Gasteiger partial charge in [0.1, 0.15) is 0 Å². The van der Waals surface area contributed by atoms with Crippen molar-refractivity contribution in [3.05, 3.63) is 35.9 Å². The Bertz CT molecular complexity index is 383. The minimum atomic E-state index is -0.685. The predicted molar refractivity (Wildman–Crippen MR) is 78.8 cm³/mol. The summed E-state index contributed by atoms with van der Waals surface area (Å²) in [5, 5.41) is 8.62. The maximum atomic E-state index is 10.5. The highest BCUT2D eigenvalue weighted by Gasteiger charge is 2.22. The third-order valence-corrected chi connectivity index (χ3v) is 3.60. The molecular weight excluding hydrogens is 262 g/mol. The highest BCUT2D eigenvalue weighted by molar-refractivity contribution is 5.85. The van der Waals surface area contributed by atoms with Crippen molar-refractivity contribution in [2.45, 2.75) is 25.7 Å². The summed E-state index contributed by atoms with van der Waals surface area (Å²) in [5.41, 5.74) is 1.41. The van der Waals surface area contributed by atoms with Crippen molar-refractivity contribution in [3.63, 3.8) is 0 Å². The van der Waals surface area contributed by atoms with Gasteiger partial charge in [-0.1, -0.05) is 30.3 Å². The molecule has 19 heavy (non-hydrogen) atoms. The van der Waals surface area contributed by atoms with Gasteiger partial charge in [-0.3, -0.25) is 4.79 Å². The first kappa shape index (κ1) is 16.0. The van der Waals surface area contributed by atoms with E-state index in [9.17, 15) is 4.79 Å². The summed E-state index contributed by atoms with van der Waals surface area (Å²) in [6, 6.07) is 10.6. The Labute approximate surface area is 121 Å². The molecule has 0 spiro atoms. The smallest absolute Gasteiger partial charge is 0.303 e. The van der Waals surface area contributed by atoms with Crippen molar-refractivity contribution in [1.82, 2.24) is 4.90 Å². The van der Waals surface area contributed by atoms with E-state index in [1.165, 1.54) is 12.0 Å². The molecule has 0 aromatic heterocycles. The molecule has 106 valence electrons. The number of carboxylic acid groups (broad SMARTS) is 1. The van der Waals surface area contributed by atoms with Gasteiger partial charge in [-0.25, -0.2) is 0 Å². The van der Waals surface area contributed by atoms with Crippen LogP contribution in [0.3, 0.4) is 0 Å². The molecule has 0 bridgehead atoms. The molecule has 2 rings (SSSR count). The van der Waals surface area contributed by atoms with E-state index in [1.54, 1.807) is 0 Å². The van der Waals surface area contributed by atoms with E-state index in [2.05, 4.69) is 35.2 Å². The average molecular weight is 284 g/mol. The first-order chi connectivity index (χ1) is 8.74. The summed E-state index contributed by atoms with van der Waals surface area (Å²) in [5.74, 6) is 0.0484. The third kappa shape index (κ3) is 5.62. The molecule has 1 aliphatic heterocycles. The number of hydrogen-bond donors (Lipinski definition) is 1. The monoisotopic (exact) mass is 283 g/mol. The predicted octanol–water partition coefficient (Wildman–Crippen LogP) is 2.84. The van der Waals surface area contributed by atoms with Crippen LogP contribution in [0.5, 0.6) is 0 Å². The maximum Gasteiger partial charge on any atom is 0.303 e. The van der Waals surface area contributed by atoms with Gasteiger partial charge in [0.05, 0.1) is 0 Å². The summed E-state index contributed by atoms with van der Waals surface area (Å²) >= 11 is 0. The van der Waals surface area contributed by atoms with Gasteiger partial charge in [-0.2, -0.15) is 0 Å². The number of carbonyl (C=O) groups is 1. The number of hydrogen-bond acceptors (Lipinski definition) is 2. The molecule has 1 fully saturated rings. The molecule has 0 aliphatic carbocycles. The second-order valence-electron chi connectivity index (χ2n) is 5.14. The Morgan fingerprint density at radius 2 is 2.05 bits per heavy atom. The van der Waals surface area contributed by atoms with E-state index in [0.29, 0.717) is 6.42 Å². The Balaban J connectivity index is 0.00000180. The lowest BCUT2D eigenvalue weighted by Gasteiger charge is -2.15. The van der Waals surface area contributed by atoms with Gasteiger partial charge < -0.3 is 10.0 Å². The van der Waals surface area contributed by atoms with Crippen LogP contribution < -0.4 is 0 Å². The summed E-state index contributed by atoms with van der Waals surface area (Å²) in [6.07, 6.45) is 3.45. The topological polar surface area (TPSA) is 40.5 Å². The molecule has 3 nitrogen and oxygen atoms in total. The van der Waals surface area contributed by atoms with Gasteiger partial charge in [-0.15, -0.1) is 12.4 Å². The second kappa shape index (κ2) is 8.18. The highest BCUT2D eigenvalue weighted by Crippen LogP contribution is 2.20. The lowest BCUT2D eigenvalue weighted by Crippen LogP contribution is -2.22. The fourth-order valence-corrected chi connectivity index (χ4v) is 2.68. The molecule has 1 heterocycles. The Morgan fingerprint density at radius 3 is 2.74 bits per heavy atom. The van der Waals surface area contributed by atoms with Gasteiger partial charge in [0, 0.05) is 13.0 Å². The van der Waals surface area contributed by atoms with E-state index in [1.807, 2.05) is 0 Å². The Hall–Kier alpha value is -1.06. The normalized spacial score (nSPS) is 19.1. The van der Waals surface area contributed by atoms with E-state index in [0.717, 1.165) is 38.4 Å². The third-order valence-electron chi connectivity index (χ3n) is 3.60. The van der Waals surface area contributed by atoms with Crippen LogP contribution in [0.25, 0.3) is 0 Å². The maximum absolute atomic E-state index is 10.5. The molecule has 4 heteroatoms. The number of aliphatic carboxylic acids is 1. The first-order valence-electron chi connectivity index (χ1n) is 6.72. The summed E-state index contributed by atoms with van der Waals surface area (Å²) in [7, 11) is 0. The van der Waals surface area contributed by atoms with Crippen LogP contribution >= 0.6 is 12.4 Å². The average Bonchev–Trinajstić information content (AvgIpc) is 2.78. The summed E-state index contributed by atoms with van der Waals surface area (Å²) in [6.45, 7) is 3.17. The van der Waals surface area contributed by atoms with Gasteiger partial charge in [-0.05, 0) is 43.8 Å². The zero-order valence-corrected chi connectivity index (χ0v) is 11.9. The summed E-state index contributed by atoms with van der Waals surface area (Å²) in [4.78, 5) is 12.9. The number of likely N-dealkylation sites (tertiary alicyclic amines) is 1. The number of benzene rings is 1. The minimum Gasteiger partial charge on any atom is -0.481 e. The Morgan fingerprint density at radius 1 is 1.32 bits per heavy atom. The number of rotatable bonds is 6. The van der Waals surface area contributed by atoms with E-state index < -0.39 is 5.97 Å². The lowest BCUT2D eigenvalue weighted by atomic mass is 9.99. The largest absolute Gasteiger partial charge is 0.481 e. The van der Waals surface area contributed by atoms with Crippen molar-refractivity contribution in [2.75, 3.05) is 19.6 Å². The molecular formula is C15H22ClNO2. The number of nitrogens with zero attached hydrogens (tertiary/aromatic N) is 1. The molecule has 1 aliphatic rings. The quantitative estimate of drug-likeness (QED) is 0.873. The van der Waals surface area contributed by atoms with Crippen LogP contribution in [0.4, 0.5) is 0 Å². The molecule has 1 N–H and O–H groups in total. The molecule has 0 amide bonds. The van der Waals surface area contributed by atoms with Crippen LogP contribution in [0.2, 0.25) is 0 Å². The van der Waals surface area contributed by atoms with Crippen molar-refractivity contribution < 1.29 is 9.90 Å². The van der Waals surface area contributed by atoms with Crippen molar-refractivity contribution in [1.29, 1.82) is 0 Å². The lowest BCUT2D eigenvalue weighted by molar-refractivity contribution is -0.137. The number of halogens is 1. The van der Waals surface area contributed by atoms with Gasteiger partial charge in [0.15, 0.2) is 0 Å². The number of carboxylic acids is 1. The highest BCUT2D eigenvalue weighted by atomic mass is 35.5. The van der Waals surface area contributed by atoms with E-state index in [4.69, 9.17) is 5.11 Å².